The van der Waals surface area contributed by atoms with E-state index in [1.165, 1.54) is 0 Å². The van der Waals surface area contributed by atoms with Crippen molar-refractivity contribution in [3.8, 4) is 0 Å². The van der Waals surface area contributed by atoms with Gasteiger partial charge < -0.3 is 15.6 Å². The molecule has 0 aromatic heterocycles. The van der Waals surface area contributed by atoms with Crippen LogP contribution in [0.5, 0.6) is 0 Å². The minimum Gasteiger partial charge on any atom is -0.379 e. The fraction of sp³-hybridized carbons (Fsp3) is 0.667. The summed E-state index contributed by atoms with van der Waals surface area (Å²) in [4.78, 5) is 2.04. The second-order valence-electron chi connectivity index (χ2n) is 4.44. The van der Waals surface area contributed by atoms with Crippen molar-refractivity contribution in [3.63, 3.8) is 0 Å². The molecule has 0 radical (unpaired) electrons. The van der Waals surface area contributed by atoms with Gasteiger partial charge in [-0.3, -0.25) is 4.90 Å². The average molecular weight is 224 g/mol. The van der Waals surface area contributed by atoms with Crippen LogP contribution in [0, 0.1) is 5.92 Å². The molecule has 1 saturated heterocycles. The fourth-order valence-electron chi connectivity index (χ4n) is 2.19. The van der Waals surface area contributed by atoms with Crippen LogP contribution in [0.25, 0.3) is 0 Å². The summed E-state index contributed by atoms with van der Waals surface area (Å²) >= 11 is 0. The highest BCUT2D eigenvalue weighted by Crippen LogP contribution is 2.24. The van der Waals surface area contributed by atoms with E-state index in [-0.39, 0.29) is 12.0 Å². The van der Waals surface area contributed by atoms with Gasteiger partial charge in [-0.05, 0) is 11.5 Å². The van der Waals surface area contributed by atoms with E-state index in [0.29, 0.717) is 13.2 Å². The normalized spacial score (nSPS) is 33.6. The Bertz CT molecular complexity index is 295. The first-order valence-electron chi connectivity index (χ1n) is 5.84. The fourth-order valence-corrected chi connectivity index (χ4v) is 2.19. The second-order valence-corrected chi connectivity index (χ2v) is 4.44. The van der Waals surface area contributed by atoms with Gasteiger partial charge in [-0.1, -0.05) is 25.2 Å². The number of rotatable bonds is 2. The molecule has 2 rings (SSSR count). The first kappa shape index (κ1) is 11.8. The quantitative estimate of drug-likeness (QED) is 0.698. The van der Waals surface area contributed by atoms with Gasteiger partial charge >= 0.3 is 0 Å². The molecule has 1 fully saturated rings. The Labute approximate surface area is 96.4 Å². The molecule has 4 nitrogen and oxygen atoms in total. The lowest BCUT2D eigenvalue weighted by molar-refractivity contribution is -0.0446. The number of hydrogen-bond donors (Lipinski definition) is 2. The van der Waals surface area contributed by atoms with Crippen molar-refractivity contribution in [1.29, 1.82) is 0 Å². The van der Waals surface area contributed by atoms with E-state index in [1.54, 1.807) is 0 Å². The van der Waals surface area contributed by atoms with Crippen molar-refractivity contribution in [2.45, 2.75) is 19.2 Å². The van der Waals surface area contributed by atoms with E-state index in [4.69, 9.17) is 10.5 Å². The summed E-state index contributed by atoms with van der Waals surface area (Å²) < 4.78 is 5.27. The molecule has 0 spiro atoms. The number of morpholine rings is 1. The smallest absolute Gasteiger partial charge is 0.130 e. The molecule has 90 valence electrons. The molecule has 3 unspecified atom stereocenters. The SMILES string of the molecule is CC1C(C(O)N2CCOCC2)=CC=CC1N. The minimum atomic E-state index is -0.519. The molecule has 0 aromatic rings. The van der Waals surface area contributed by atoms with Crippen molar-refractivity contribution < 1.29 is 9.84 Å². The third kappa shape index (κ3) is 2.35. The molecule has 2 aliphatic rings. The number of allylic oxidation sites excluding steroid dienone is 2. The van der Waals surface area contributed by atoms with Crippen LogP contribution in [0.3, 0.4) is 0 Å². The van der Waals surface area contributed by atoms with Gasteiger partial charge in [0.1, 0.15) is 6.23 Å². The predicted molar refractivity (Wildman–Crippen MR) is 62.8 cm³/mol. The molecular formula is C12H20N2O2. The van der Waals surface area contributed by atoms with Crippen LogP contribution < -0.4 is 5.73 Å². The Kier molecular flexibility index (Phi) is 3.76. The summed E-state index contributed by atoms with van der Waals surface area (Å²) in [6.07, 6.45) is 5.37. The molecule has 1 aliphatic heterocycles. The van der Waals surface area contributed by atoms with E-state index in [1.807, 2.05) is 23.1 Å². The number of nitrogens with zero attached hydrogens (tertiary/aromatic N) is 1. The second kappa shape index (κ2) is 5.10. The molecule has 3 atom stereocenters. The minimum absolute atomic E-state index is 0.00990. The van der Waals surface area contributed by atoms with Crippen LogP contribution in [0.1, 0.15) is 6.92 Å². The molecule has 0 amide bonds. The maximum absolute atomic E-state index is 10.3. The lowest BCUT2D eigenvalue weighted by Gasteiger charge is -2.36. The molecular weight excluding hydrogens is 204 g/mol. The average Bonchev–Trinajstić information content (AvgIpc) is 2.33. The van der Waals surface area contributed by atoms with Crippen LogP contribution in [0.4, 0.5) is 0 Å². The highest BCUT2D eigenvalue weighted by atomic mass is 16.5. The van der Waals surface area contributed by atoms with E-state index in [2.05, 4.69) is 6.92 Å². The van der Waals surface area contributed by atoms with Crippen LogP contribution in [0.2, 0.25) is 0 Å². The van der Waals surface area contributed by atoms with Crippen LogP contribution >= 0.6 is 0 Å². The summed E-state index contributed by atoms with van der Waals surface area (Å²) in [6.45, 7) is 5.01. The van der Waals surface area contributed by atoms with Crippen molar-refractivity contribution in [2.24, 2.45) is 11.7 Å². The third-order valence-corrected chi connectivity index (χ3v) is 3.41. The molecule has 1 heterocycles. The number of aliphatic hydroxyl groups is 1. The molecule has 1 aliphatic carbocycles. The van der Waals surface area contributed by atoms with Gasteiger partial charge in [-0.25, -0.2) is 0 Å². The van der Waals surface area contributed by atoms with Crippen LogP contribution in [-0.2, 0) is 4.74 Å². The van der Waals surface area contributed by atoms with E-state index in [9.17, 15) is 5.11 Å². The van der Waals surface area contributed by atoms with Gasteiger partial charge in [0.25, 0.3) is 0 Å². The maximum Gasteiger partial charge on any atom is 0.130 e. The Morgan fingerprint density at radius 1 is 1.50 bits per heavy atom. The zero-order valence-corrected chi connectivity index (χ0v) is 9.67. The first-order chi connectivity index (χ1) is 7.70. The maximum atomic E-state index is 10.3. The van der Waals surface area contributed by atoms with Gasteiger partial charge in [0.2, 0.25) is 0 Å². The molecule has 0 saturated carbocycles. The Balaban J connectivity index is 2.05. The molecule has 4 heteroatoms. The number of ether oxygens (including phenoxy) is 1. The molecule has 0 aromatic carbocycles. The van der Waals surface area contributed by atoms with Crippen molar-refractivity contribution in [3.05, 3.63) is 23.8 Å². The van der Waals surface area contributed by atoms with E-state index < -0.39 is 6.23 Å². The van der Waals surface area contributed by atoms with E-state index in [0.717, 1.165) is 18.7 Å². The topological polar surface area (TPSA) is 58.7 Å². The summed E-state index contributed by atoms with van der Waals surface area (Å²) in [5.41, 5.74) is 6.97. The largest absolute Gasteiger partial charge is 0.379 e. The molecule has 16 heavy (non-hydrogen) atoms. The standard InChI is InChI=1S/C12H20N2O2/c1-9-10(3-2-4-11(9)13)12(15)14-5-7-16-8-6-14/h2-4,9,11-12,15H,5-8,13H2,1H3. The van der Waals surface area contributed by atoms with Crippen molar-refractivity contribution >= 4 is 0 Å². The van der Waals surface area contributed by atoms with Crippen molar-refractivity contribution in [1.82, 2.24) is 4.90 Å². The summed E-state index contributed by atoms with van der Waals surface area (Å²) in [6, 6.07) is 0.00990. The highest BCUT2D eigenvalue weighted by Gasteiger charge is 2.28. The lowest BCUT2D eigenvalue weighted by Crippen LogP contribution is -2.47. The molecule has 3 N–H and O–H groups in total. The van der Waals surface area contributed by atoms with Gasteiger partial charge in [-0.2, -0.15) is 0 Å². The number of hydrogen-bond acceptors (Lipinski definition) is 4. The summed E-state index contributed by atoms with van der Waals surface area (Å²) in [7, 11) is 0. The molecule has 0 bridgehead atoms. The number of nitrogens with two attached hydrogens (primary N) is 1. The highest BCUT2D eigenvalue weighted by molar-refractivity contribution is 5.27. The lowest BCUT2D eigenvalue weighted by atomic mass is 9.88. The van der Waals surface area contributed by atoms with Crippen LogP contribution in [0.15, 0.2) is 23.8 Å². The van der Waals surface area contributed by atoms with Gasteiger partial charge in [0, 0.05) is 19.1 Å². The zero-order chi connectivity index (χ0) is 11.5. The van der Waals surface area contributed by atoms with E-state index >= 15 is 0 Å². The van der Waals surface area contributed by atoms with Crippen molar-refractivity contribution in [2.75, 3.05) is 26.3 Å². The Morgan fingerprint density at radius 3 is 2.88 bits per heavy atom. The summed E-state index contributed by atoms with van der Waals surface area (Å²) in [5, 5.41) is 10.3. The zero-order valence-electron chi connectivity index (χ0n) is 9.67. The monoisotopic (exact) mass is 224 g/mol. The third-order valence-electron chi connectivity index (χ3n) is 3.41. The van der Waals surface area contributed by atoms with Crippen LogP contribution in [-0.4, -0.2) is 48.6 Å². The Hall–Kier alpha value is -0.680. The van der Waals surface area contributed by atoms with Gasteiger partial charge in [0.15, 0.2) is 0 Å². The summed E-state index contributed by atoms with van der Waals surface area (Å²) in [5.74, 6) is 0.197. The van der Waals surface area contributed by atoms with Gasteiger partial charge in [0.05, 0.1) is 13.2 Å². The first-order valence-corrected chi connectivity index (χ1v) is 5.84. The van der Waals surface area contributed by atoms with Gasteiger partial charge in [-0.15, -0.1) is 0 Å². The number of aliphatic hydroxyl groups excluding tert-OH is 1. The Morgan fingerprint density at radius 2 is 2.19 bits per heavy atom. The predicted octanol–water partition coefficient (Wildman–Crippen LogP) is 0.0966.